The van der Waals surface area contributed by atoms with E-state index in [1.54, 1.807) is 30.7 Å². The minimum absolute atomic E-state index is 0.0129. The highest BCUT2D eigenvalue weighted by atomic mass is 16.3. The number of aliphatic hydroxyl groups is 1. The minimum atomic E-state index is -0.691. The molecule has 1 heterocycles. The molecule has 0 aromatic heterocycles. The molecule has 0 bridgehead atoms. The predicted octanol–water partition coefficient (Wildman–Crippen LogP) is 2.08. The molecule has 0 saturated carbocycles. The number of hydrogen-bond acceptors (Lipinski definition) is 3. The summed E-state index contributed by atoms with van der Waals surface area (Å²) in [7, 11) is 1.78. The number of hydrogen-bond donors (Lipinski definition) is 1. The molecule has 1 aromatic rings. The van der Waals surface area contributed by atoms with E-state index in [1.165, 1.54) is 0 Å². The molecule has 1 aliphatic rings. The molecular formula is C19H28N2O3. The molecule has 1 fully saturated rings. The fraction of sp³-hybridized carbons (Fsp3) is 0.579. The lowest BCUT2D eigenvalue weighted by Gasteiger charge is -2.38. The van der Waals surface area contributed by atoms with Crippen molar-refractivity contribution in [3.63, 3.8) is 0 Å². The Morgan fingerprint density at radius 1 is 1.25 bits per heavy atom. The summed E-state index contributed by atoms with van der Waals surface area (Å²) in [6, 6.07) is 7.12. The summed E-state index contributed by atoms with van der Waals surface area (Å²) in [6.07, 6.45) is 2.06. The smallest absolute Gasteiger partial charge is 0.254 e. The maximum absolute atomic E-state index is 12.8. The number of carbonyl (C=O) groups excluding carboxylic acids is 2. The van der Waals surface area contributed by atoms with Crippen LogP contribution in [0, 0.1) is 0 Å². The van der Waals surface area contributed by atoms with E-state index in [0.717, 1.165) is 12.0 Å². The number of carbonyl (C=O) groups is 2. The van der Waals surface area contributed by atoms with Crippen molar-refractivity contribution in [3.05, 3.63) is 35.4 Å². The first-order valence-electron chi connectivity index (χ1n) is 8.60. The number of benzene rings is 1. The number of piperazine rings is 1. The van der Waals surface area contributed by atoms with Crippen molar-refractivity contribution in [2.75, 3.05) is 20.1 Å². The Balaban J connectivity index is 2.08. The van der Waals surface area contributed by atoms with Crippen molar-refractivity contribution >= 4 is 11.8 Å². The van der Waals surface area contributed by atoms with Gasteiger partial charge >= 0.3 is 0 Å². The molecule has 0 radical (unpaired) electrons. The molecule has 5 nitrogen and oxygen atoms in total. The monoisotopic (exact) mass is 332 g/mol. The van der Waals surface area contributed by atoms with Crippen molar-refractivity contribution in [1.29, 1.82) is 0 Å². The Kier molecular flexibility index (Phi) is 5.65. The van der Waals surface area contributed by atoms with Crippen LogP contribution in [-0.4, -0.2) is 58.5 Å². The third-order valence-electron chi connectivity index (χ3n) is 4.59. The zero-order valence-electron chi connectivity index (χ0n) is 15.1. The second-order valence-electron chi connectivity index (χ2n) is 7.19. The molecule has 1 aromatic carbocycles. The Labute approximate surface area is 144 Å². The second kappa shape index (κ2) is 7.34. The first-order valence-corrected chi connectivity index (χ1v) is 8.60. The van der Waals surface area contributed by atoms with Gasteiger partial charge in [0.1, 0.15) is 6.04 Å². The van der Waals surface area contributed by atoms with Crippen LogP contribution in [-0.2, 0) is 11.2 Å². The van der Waals surface area contributed by atoms with E-state index in [2.05, 4.69) is 0 Å². The lowest BCUT2D eigenvalue weighted by molar-refractivity contribution is -0.138. The van der Waals surface area contributed by atoms with Gasteiger partial charge in [0.05, 0.1) is 5.60 Å². The van der Waals surface area contributed by atoms with Gasteiger partial charge in [-0.3, -0.25) is 9.59 Å². The van der Waals surface area contributed by atoms with E-state index in [9.17, 15) is 14.7 Å². The van der Waals surface area contributed by atoms with Gasteiger partial charge in [-0.05, 0) is 50.8 Å². The van der Waals surface area contributed by atoms with Crippen molar-refractivity contribution < 1.29 is 14.7 Å². The number of rotatable bonds is 5. The molecule has 0 aliphatic carbocycles. The summed E-state index contributed by atoms with van der Waals surface area (Å²) in [5.41, 5.74) is 1.01. The van der Waals surface area contributed by atoms with Crippen molar-refractivity contribution in [2.45, 2.75) is 51.7 Å². The number of aryl methyl sites for hydroxylation is 1. The lowest BCUT2D eigenvalue weighted by atomic mass is 9.98. The second-order valence-corrected chi connectivity index (χ2v) is 7.19. The van der Waals surface area contributed by atoms with E-state index in [1.807, 2.05) is 31.2 Å². The van der Waals surface area contributed by atoms with Crippen molar-refractivity contribution in [3.8, 4) is 0 Å². The van der Waals surface area contributed by atoms with Crippen LogP contribution in [0.1, 0.15) is 49.5 Å². The quantitative estimate of drug-likeness (QED) is 0.898. The minimum Gasteiger partial charge on any atom is -0.390 e. The zero-order chi connectivity index (χ0) is 17.9. The molecule has 24 heavy (non-hydrogen) atoms. The molecule has 2 amide bonds. The molecule has 1 atom stereocenters. The first-order chi connectivity index (χ1) is 11.2. The van der Waals surface area contributed by atoms with Gasteiger partial charge in [-0.1, -0.05) is 19.1 Å². The van der Waals surface area contributed by atoms with Crippen LogP contribution in [0.5, 0.6) is 0 Å². The van der Waals surface area contributed by atoms with E-state index >= 15 is 0 Å². The summed E-state index contributed by atoms with van der Waals surface area (Å²) < 4.78 is 0. The third kappa shape index (κ3) is 4.35. The maximum Gasteiger partial charge on any atom is 0.254 e. The highest BCUT2D eigenvalue weighted by Gasteiger charge is 2.34. The standard InChI is InChI=1S/C19H28N2O3/c1-5-16-18(23)20(4)12-13-21(16)17(22)15-8-6-14(7-9-15)10-11-19(2,3)24/h6-9,16,24H,5,10-13H2,1-4H3/t16-/m1/s1. The average Bonchev–Trinajstić information content (AvgIpc) is 2.54. The van der Waals surface area contributed by atoms with Crippen LogP contribution in [0.2, 0.25) is 0 Å². The first kappa shape index (κ1) is 18.5. The highest BCUT2D eigenvalue weighted by molar-refractivity contribution is 5.98. The lowest BCUT2D eigenvalue weighted by Crippen LogP contribution is -2.57. The summed E-state index contributed by atoms with van der Waals surface area (Å²) in [5, 5.41) is 9.80. The summed E-state index contributed by atoms with van der Waals surface area (Å²) >= 11 is 0. The fourth-order valence-electron chi connectivity index (χ4n) is 2.98. The van der Waals surface area contributed by atoms with Crippen LogP contribution in [0.3, 0.4) is 0 Å². The third-order valence-corrected chi connectivity index (χ3v) is 4.59. The molecule has 2 rings (SSSR count). The van der Waals surface area contributed by atoms with Gasteiger partial charge in [-0.25, -0.2) is 0 Å². The average molecular weight is 332 g/mol. The number of amides is 2. The van der Waals surface area contributed by atoms with Crippen LogP contribution in [0.25, 0.3) is 0 Å². The zero-order valence-corrected chi connectivity index (χ0v) is 15.1. The molecule has 5 heteroatoms. The Morgan fingerprint density at radius 3 is 2.42 bits per heavy atom. The van der Waals surface area contributed by atoms with Crippen molar-refractivity contribution in [1.82, 2.24) is 9.80 Å². The molecule has 132 valence electrons. The van der Waals surface area contributed by atoms with Crippen LogP contribution >= 0.6 is 0 Å². The van der Waals surface area contributed by atoms with E-state index in [0.29, 0.717) is 31.5 Å². The van der Waals surface area contributed by atoms with Gasteiger partial charge < -0.3 is 14.9 Å². The molecule has 1 N–H and O–H groups in total. The van der Waals surface area contributed by atoms with Crippen molar-refractivity contribution in [2.24, 2.45) is 0 Å². The van der Waals surface area contributed by atoms with Gasteiger partial charge in [0.25, 0.3) is 5.91 Å². The Bertz CT molecular complexity index is 590. The van der Waals surface area contributed by atoms with E-state index < -0.39 is 5.60 Å². The summed E-state index contributed by atoms with van der Waals surface area (Å²) in [6.45, 7) is 6.66. The topological polar surface area (TPSA) is 60.9 Å². The van der Waals surface area contributed by atoms with Crippen LogP contribution in [0.4, 0.5) is 0 Å². The normalized spacial score (nSPS) is 18.9. The predicted molar refractivity (Wildman–Crippen MR) is 93.8 cm³/mol. The van der Waals surface area contributed by atoms with E-state index in [-0.39, 0.29) is 17.9 Å². The van der Waals surface area contributed by atoms with Gasteiger partial charge in [0, 0.05) is 25.7 Å². The molecular weight excluding hydrogens is 304 g/mol. The van der Waals surface area contributed by atoms with Gasteiger partial charge in [0.15, 0.2) is 0 Å². The number of likely N-dealkylation sites (N-methyl/N-ethyl adjacent to an activating group) is 1. The van der Waals surface area contributed by atoms with Crippen LogP contribution < -0.4 is 0 Å². The maximum atomic E-state index is 12.8. The summed E-state index contributed by atoms with van der Waals surface area (Å²) in [4.78, 5) is 28.4. The van der Waals surface area contributed by atoms with Gasteiger partial charge in [-0.2, -0.15) is 0 Å². The Hall–Kier alpha value is -1.88. The SMILES string of the molecule is CC[C@@H]1C(=O)N(C)CCN1C(=O)c1ccc(CCC(C)(C)O)cc1. The summed E-state index contributed by atoms with van der Waals surface area (Å²) in [5.74, 6) is -0.0729. The van der Waals surface area contributed by atoms with Gasteiger partial charge in [0.2, 0.25) is 5.91 Å². The molecule has 0 unspecified atom stereocenters. The van der Waals surface area contributed by atoms with Crippen LogP contribution in [0.15, 0.2) is 24.3 Å². The highest BCUT2D eigenvalue weighted by Crippen LogP contribution is 2.18. The molecule has 1 aliphatic heterocycles. The molecule has 1 saturated heterocycles. The fourth-order valence-corrected chi connectivity index (χ4v) is 2.98. The Morgan fingerprint density at radius 2 is 1.88 bits per heavy atom. The number of nitrogens with zero attached hydrogens (tertiary/aromatic N) is 2. The van der Waals surface area contributed by atoms with Gasteiger partial charge in [-0.15, -0.1) is 0 Å². The van der Waals surface area contributed by atoms with E-state index in [4.69, 9.17) is 0 Å². The molecule has 0 spiro atoms. The largest absolute Gasteiger partial charge is 0.390 e.